The molecule has 1 amide bonds. The maximum absolute atomic E-state index is 11.9. The number of hydrogen-bond acceptors (Lipinski definition) is 4. The Hall–Kier alpha value is -2.31. The maximum atomic E-state index is 11.9. The lowest BCUT2D eigenvalue weighted by Crippen LogP contribution is -2.26. The van der Waals surface area contributed by atoms with Gasteiger partial charge < -0.3 is 11.1 Å². The van der Waals surface area contributed by atoms with Crippen LogP contribution in [0.1, 0.15) is 29.4 Å². The van der Waals surface area contributed by atoms with Gasteiger partial charge in [-0.25, -0.2) is 0 Å². The van der Waals surface area contributed by atoms with Gasteiger partial charge >= 0.3 is 0 Å². The Kier molecular flexibility index (Phi) is 4.39. The molecule has 0 atom stereocenters. The van der Waals surface area contributed by atoms with Gasteiger partial charge in [0, 0.05) is 32.0 Å². The minimum Gasteiger partial charge on any atom is -0.396 e. The summed E-state index contributed by atoms with van der Waals surface area (Å²) in [5.74, 6) is -0.230. The number of nitrogens with two attached hydrogens (primary N) is 1. The molecule has 0 spiro atoms. The van der Waals surface area contributed by atoms with Crippen LogP contribution in [0.4, 0.5) is 5.69 Å². The van der Waals surface area contributed by atoms with Crippen LogP contribution in [-0.4, -0.2) is 32.0 Å². The summed E-state index contributed by atoms with van der Waals surface area (Å²) < 4.78 is 3.51. The van der Waals surface area contributed by atoms with Crippen molar-refractivity contribution in [2.45, 2.75) is 33.4 Å². The first-order chi connectivity index (χ1) is 9.60. The lowest BCUT2D eigenvalue weighted by molar-refractivity contribution is 0.0947. The van der Waals surface area contributed by atoms with E-state index in [0.29, 0.717) is 24.5 Å². The van der Waals surface area contributed by atoms with Crippen molar-refractivity contribution in [1.82, 2.24) is 24.9 Å². The van der Waals surface area contributed by atoms with E-state index in [0.717, 1.165) is 18.5 Å². The third-order valence-electron chi connectivity index (χ3n) is 2.94. The topological polar surface area (TPSA) is 90.8 Å². The molecule has 0 aromatic carbocycles. The lowest BCUT2D eigenvalue weighted by atomic mass is 10.3. The van der Waals surface area contributed by atoms with Crippen molar-refractivity contribution < 1.29 is 4.79 Å². The van der Waals surface area contributed by atoms with Gasteiger partial charge in [0.05, 0.1) is 11.9 Å². The monoisotopic (exact) mass is 276 g/mol. The summed E-state index contributed by atoms with van der Waals surface area (Å²) in [5, 5.41) is 11.1. The van der Waals surface area contributed by atoms with Crippen molar-refractivity contribution in [3.05, 3.63) is 29.8 Å². The zero-order valence-electron chi connectivity index (χ0n) is 11.8. The minimum atomic E-state index is -0.230. The van der Waals surface area contributed by atoms with E-state index in [2.05, 4.69) is 15.5 Å². The molecule has 108 valence electrons. The summed E-state index contributed by atoms with van der Waals surface area (Å²) >= 11 is 0. The number of anilines is 1. The molecule has 0 aliphatic carbocycles. The molecule has 3 N–H and O–H groups in total. The largest absolute Gasteiger partial charge is 0.396 e. The van der Waals surface area contributed by atoms with E-state index in [-0.39, 0.29) is 5.91 Å². The van der Waals surface area contributed by atoms with Gasteiger partial charge in [-0.1, -0.05) is 0 Å². The number of nitrogens with one attached hydrogen (secondary N) is 1. The van der Waals surface area contributed by atoms with Crippen LogP contribution >= 0.6 is 0 Å². The predicted octanol–water partition coefficient (Wildman–Crippen LogP) is 0.810. The number of carbonyl (C=O) groups is 1. The molecule has 7 heteroatoms. The standard InChI is InChI=1S/C13H20N6O/c1-3-18-9-11(14)12(17-18)13(20)15-5-4-6-19-8-10(2)7-16-19/h7-9H,3-6,14H2,1-2H3,(H,15,20). The molecule has 0 radical (unpaired) electrons. The first-order valence-electron chi connectivity index (χ1n) is 6.70. The van der Waals surface area contributed by atoms with Crippen molar-refractivity contribution in [3.63, 3.8) is 0 Å². The average molecular weight is 276 g/mol. The molecule has 0 aliphatic rings. The number of aryl methyl sites for hydroxylation is 3. The summed E-state index contributed by atoms with van der Waals surface area (Å²) in [6.45, 7) is 5.97. The molecule has 0 bridgehead atoms. The molecule has 0 aliphatic heterocycles. The Morgan fingerprint density at radius 3 is 2.80 bits per heavy atom. The van der Waals surface area contributed by atoms with E-state index in [1.165, 1.54) is 0 Å². The second-order valence-corrected chi connectivity index (χ2v) is 4.68. The fourth-order valence-corrected chi connectivity index (χ4v) is 1.89. The highest BCUT2D eigenvalue weighted by Crippen LogP contribution is 2.08. The van der Waals surface area contributed by atoms with Crippen LogP contribution in [-0.2, 0) is 13.1 Å². The molecular formula is C13H20N6O. The molecule has 0 unspecified atom stereocenters. The SMILES string of the molecule is CCn1cc(N)c(C(=O)NCCCn2cc(C)cn2)n1. The average Bonchev–Trinajstić information content (AvgIpc) is 3.00. The van der Waals surface area contributed by atoms with Gasteiger partial charge in [-0.15, -0.1) is 0 Å². The quantitative estimate of drug-likeness (QED) is 0.764. The third kappa shape index (κ3) is 3.37. The molecule has 2 aromatic rings. The van der Waals surface area contributed by atoms with Gasteiger partial charge in [-0.3, -0.25) is 14.2 Å². The van der Waals surface area contributed by atoms with Crippen molar-refractivity contribution in [1.29, 1.82) is 0 Å². The molecule has 20 heavy (non-hydrogen) atoms. The van der Waals surface area contributed by atoms with Crippen LogP contribution in [0.25, 0.3) is 0 Å². The summed E-state index contributed by atoms with van der Waals surface area (Å²) in [6.07, 6.45) is 6.27. The van der Waals surface area contributed by atoms with Crippen molar-refractivity contribution in [2.24, 2.45) is 0 Å². The Bertz CT molecular complexity index is 585. The molecule has 7 nitrogen and oxygen atoms in total. The van der Waals surface area contributed by atoms with Gasteiger partial charge in [0.25, 0.3) is 5.91 Å². The molecular weight excluding hydrogens is 256 g/mol. The van der Waals surface area contributed by atoms with Gasteiger partial charge in [-0.05, 0) is 25.8 Å². The lowest BCUT2D eigenvalue weighted by Gasteiger charge is -2.04. The van der Waals surface area contributed by atoms with Crippen LogP contribution in [0.15, 0.2) is 18.6 Å². The Morgan fingerprint density at radius 2 is 2.20 bits per heavy atom. The smallest absolute Gasteiger partial charge is 0.273 e. The highest BCUT2D eigenvalue weighted by molar-refractivity contribution is 5.96. The van der Waals surface area contributed by atoms with E-state index >= 15 is 0 Å². The predicted molar refractivity (Wildman–Crippen MR) is 76.2 cm³/mol. The number of aromatic nitrogens is 4. The van der Waals surface area contributed by atoms with Crippen molar-refractivity contribution in [3.8, 4) is 0 Å². The highest BCUT2D eigenvalue weighted by Gasteiger charge is 2.13. The number of nitrogen functional groups attached to an aromatic ring is 1. The Balaban J connectivity index is 1.78. The van der Waals surface area contributed by atoms with Crippen molar-refractivity contribution >= 4 is 11.6 Å². The fourth-order valence-electron chi connectivity index (χ4n) is 1.89. The van der Waals surface area contributed by atoms with Crippen LogP contribution < -0.4 is 11.1 Å². The third-order valence-corrected chi connectivity index (χ3v) is 2.94. The number of carbonyl (C=O) groups excluding carboxylic acids is 1. The number of amides is 1. The Labute approximate surface area is 117 Å². The summed E-state index contributed by atoms with van der Waals surface area (Å²) in [4.78, 5) is 11.9. The van der Waals surface area contributed by atoms with Crippen LogP contribution in [0.5, 0.6) is 0 Å². The summed E-state index contributed by atoms with van der Waals surface area (Å²) in [5.41, 5.74) is 7.59. The molecule has 0 saturated heterocycles. The van der Waals surface area contributed by atoms with Crippen LogP contribution in [0.3, 0.4) is 0 Å². The molecule has 0 fully saturated rings. The number of rotatable bonds is 6. The second-order valence-electron chi connectivity index (χ2n) is 4.68. The van der Waals surface area contributed by atoms with Gasteiger partial charge in [0.15, 0.2) is 5.69 Å². The summed E-state index contributed by atoms with van der Waals surface area (Å²) in [7, 11) is 0. The molecule has 2 heterocycles. The molecule has 0 saturated carbocycles. The second kappa shape index (κ2) is 6.23. The molecule has 2 rings (SSSR count). The van der Waals surface area contributed by atoms with Crippen LogP contribution in [0, 0.1) is 6.92 Å². The van der Waals surface area contributed by atoms with E-state index in [1.807, 2.05) is 30.9 Å². The number of nitrogens with zero attached hydrogens (tertiary/aromatic N) is 4. The highest BCUT2D eigenvalue weighted by atomic mass is 16.1. The minimum absolute atomic E-state index is 0.230. The fraction of sp³-hybridized carbons (Fsp3) is 0.462. The van der Waals surface area contributed by atoms with Crippen LogP contribution in [0.2, 0.25) is 0 Å². The first kappa shape index (κ1) is 14.1. The zero-order chi connectivity index (χ0) is 14.5. The van der Waals surface area contributed by atoms with Crippen molar-refractivity contribution in [2.75, 3.05) is 12.3 Å². The Morgan fingerprint density at radius 1 is 1.40 bits per heavy atom. The summed E-state index contributed by atoms with van der Waals surface area (Å²) in [6, 6.07) is 0. The first-order valence-corrected chi connectivity index (χ1v) is 6.70. The van der Waals surface area contributed by atoms with Gasteiger partial charge in [0.2, 0.25) is 0 Å². The van der Waals surface area contributed by atoms with Gasteiger partial charge in [0.1, 0.15) is 0 Å². The zero-order valence-corrected chi connectivity index (χ0v) is 11.8. The van der Waals surface area contributed by atoms with E-state index in [1.54, 1.807) is 10.9 Å². The van der Waals surface area contributed by atoms with E-state index in [9.17, 15) is 4.79 Å². The normalized spacial score (nSPS) is 10.7. The van der Waals surface area contributed by atoms with E-state index in [4.69, 9.17) is 5.73 Å². The number of hydrogen-bond donors (Lipinski definition) is 2. The van der Waals surface area contributed by atoms with E-state index < -0.39 is 0 Å². The van der Waals surface area contributed by atoms with Gasteiger partial charge in [-0.2, -0.15) is 10.2 Å². The maximum Gasteiger partial charge on any atom is 0.273 e. The molecule has 2 aromatic heterocycles.